The van der Waals surface area contributed by atoms with Gasteiger partial charge in [0.25, 0.3) is 0 Å². The molecule has 2 fully saturated rings. The Balaban J connectivity index is 2.04. The molecule has 0 spiro atoms. The second kappa shape index (κ2) is 4.78. The second-order valence-corrected chi connectivity index (χ2v) is 6.16. The van der Waals surface area contributed by atoms with Gasteiger partial charge in [0.2, 0.25) is 0 Å². The van der Waals surface area contributed by atoms with Gasteiger partial charge in [0.15, 0.2) is 0 Å². The number of urea groups is 1. The maximum atomic E-state index is 12.4. The van der Waals surface area contributed by atoms with Crippen LogP contribution in [0.25, 0.3) is 0 Å². The first kappa shape index (κ1) is 13.2. The summed E-state index contributed by atoms with van der Waals surface area (Å²) in [4.78, 5) is 26.9. The van der Waals surface area contributed by atoms with Gasteiger partial charge in [-0.1, -0.05) is 13.8 Å². The summed E-state index contributed by atoms with van der Waals surface area (Å²) in [6.45, 7) is 6.38. The Kier molecular flexibility index (Phi) is 3.50. The highest BCUT2D eigenvalue weighted by atomic mass is 16.4. The lowest BCUT2D eigenvalue weighted by atomic mass is 9.84. The first-order valence-electron chi connectivity index (χ1n) is 6.69. The zero-order chi connectivity index (χ0) is 13.3. The van der Waals surface area contributed by atoms with Crippen molar-refractivity contribution < 1.29 is 14.7 Å². The molecule has 0 aromatic heterocycles. The Hall–Kier alpha value is -1.26. The summed E-state index contributed by atoms with van der Waals surface area (Å²) in [6.07, 6.45) is 3.50. The Bertz CT molecular complexity index is 354. The molecular weight excluding hydrogens is 232 g/mol. The van der Waals surface area contributed by atoms with Crippen LogP contribution < -0.4 is 0 Å². The quantitative estimate of drug-likeness (QED) is 0.776. The highest BCUT2D eigenvalue weighted by Gasteiger charge is 2.38. The summed E-state index contributed by atoms with van der Waals surface area (Å²) in [5, 5.41) is 9.12. The SMILES string of the molecule is CC1(C)CCCN(C(=O)N2CCC[C@H]2C(=O)O)C1. The van der Waals surface area contributed by atoms with Crippen LogP contribution in [0.2, 0.25) is 0 Å². The number of amides is 2. The van der Waals surface area contributed by atoms with Gasteiger partial charge in [-0.15, -0.1) is 0 Å². The number of hydrogen-bond acceptors (Lipinski definition) is 2. The molecule has 2 aliphatic heterocycles. The Morgan fingerprint density at radius 1 is 1.22 bits per heavy atom. The van der Waals surface area contributed by atoms with E-state index in [1.54, 1.807) is 0 Å². The molecule has 0 aliphatic carbocycles. The number of hydrogen-bond donors (Lipinski definition) is 1. The number of nitrogens with zero attached hydrogens (tertiary/aromatic N) is 2. The average molecular weight is 254 g/mol. The van der Waals surface area contributed by atoms with Crippen molar-refractivity contribution >= 4 is 12.0 Å². The lowest BCUT2D eigenvalue weighted by Crippen LogP contribution is -2.52. The number of rotatable bonds is 1. The van der Waals surface area contributed by atoms with Crippen molar-refractivity contribution in [3.63, 3.8) is 0 Å². The largest absolute Gasteiger partial charge is 0.480 e. The molecule has 0 bridgehead atoms. The lowest BCUT2D eigenvalue weighted by Gasteiger charge is -2.40. The topological polar surface area (TPSA) is 60.9 Å². The van der Waals surface area contributed by atoms with E-state index in [-0.39, 0.29) is 11.4 Å². The fourth-order valence-corrected chi connectivity index (χ4v) is 3.02. The van der Waals surface area contributed by atoms with Gasteiger partial charge in [-0.2, -0.15) is 0 Å². The highest BCUT2D eigenvalue weighted by Crippen LogP contribution is 2.30. The molecule has 0 aromatic carbocycles. The third-order valence-corrected chi connectivity index (χ3v) is 3.95. The molecular formula is C13H22N2O3. The molecule has 2 amide bonds. The maximum absolute atomic E-state index is 12.4. The van der Waals surface area contributed by atoms with Crippen molar-refractivity contribution in [2.75, 3.05) is 19.6 Å². The van der Waals surface area contributed by atoms with E-state index in [2.05, 4.69) is 13.8 Å². The number of carbonyl (C=O) groups excluding carboxylic acids is 1. The van der Waals surface area contributed by atoms with Crippen LogP contribution in [0.5, 0.6) is 0 Å². The molecule has 5 nitrogen and oxygen atoms in total. The molecule has 18 heavy (non-hydrogen) atoms. The summed E-state index contributed by atoms with van der Waals surface area (Å²) in [7, 11) is 0. The molecule has 5 heteroatoms. The fourth-order valence-electron chi connectivity index (χ4n) is 3.02. The minimum atomic E-state index is -0.878. The van der Waals surface area contributed by atoms with E-state index < -0.39 is 12.0 Å². The van der Waals surface area contributed by atoms with Crippen molar-refractivity contribution in [1.29, 1.82) is 0 Å². The van der Waals surface area contributed by atoms with Crippen LogP contribution in [-0.2, 0) is 4.79 Å². The first-order valence-corrected chi connectivity index (χ1v) is 6.69. The zero-order valence-corrected chi connectivity index (χ0v) is 11.2. The number of likely N-dealkylation sites (tertiary alicyclic amines) is 2. The number of piperidine rings is 1. The monoisotopic (exact) mass is 254 g/mol. The van der Waals surface area contributed by atoms with E-state index in [4.69, 9.17) is 5.11 Å². The number of carboxylic acid groups (broad SMARTS) is 1. The highest BCUT2D eigenvalue weighted by molar-refractivity contribution is 5.83. The third kappa shape index (κ3) is 2.60. The van der Waals surface area contributed by atoms with E-state index >= 15 is 0 Å². The van der Waals surface area contributed by atoms with Crippen LogP contribution in [0.4, 0.5) is 4.79 Å². The molecule has 0 saturated carbocycles. The van der Waals surface area contributed by atoms with Gasteiger partial charge in [0.05, 0.1) is 0 Å². The van der Waals surface area contributed by atoms with Crippen molar-refractivity contribution in [1.82, 2.24) is 9.80 Å². The third-order valence-electron chi connectivity index (χ3n) is 3.95. The molecule has 0 unspecified atom stereocenters. The molecule has 0 aromatic rings. The fraction of sp³-hybridized carbons (Fsp3) is 0.846. The van der Waals surface area contributed by atoms with Crippen LogP contribution in [-0.4, -0.2) is 52.6 Å². The van der Waals surface area contributed by atoms with Gasteiger partial charge in [0.1, 0.15) is 6.04 Å². The van der Waals surface area contributed by atoms with Gasteiger partial charge in [-0.05, 0) is 31.1 Å². The minimum Gasteiger partial charge on any atom is -0.480 e. The standard InChI is InChI=1S/C13H22N2O3/c1-13(2)6-4-7-14(9-13)12(18)15-8-3-5-10(15)11(16)17/h10H,3-9H2,1-2H3,(H,16,17)/t10-/m0/s1. The van der Waals surface area contributed by atoms with E-state index in [0.29, 0.717) is 13.0 Å². The lowest BCUT2D eigenvalue weighted by molar-refractivity contribution is -0.141. The van der Waals surface area contributed by atoms with Crippen LogP contribution in [0.3, 0.4) is 0 Å². The van der Waals surface area contributed by atoms with E-state index in [9.17, 15) is 9.59 Å². The van der Waals surface area contributed by atoms with E-state index in [0.717, 1.165) is 32.4 Å². The van der Waals surface area contributed by atoms with Crippen molar-refractivity contribution in [3.8, 4) is 0 Å². The molecule has 2 aliphatic rings. The minimum absolute atomic E-state index is 0.0901. The number of carbonyl (C=O) groups is 2. The van der Waals surface area contributed by atoms with E-state index in [1.165, 1.54) is 4.90 Å². The average Bonchev–Trinajstić information content (AvgIpc) is 2.75. The Morgan fingerprint density at radius 3 is 2.56 bits per heavy atom. The van der Waals surface area contributed by atoms with Crippen LogP contribution in [0, 0.1) is 5.41 Å². The summed E-state index contributed by atoms with van der Waals surface area (Å²) >= 11 is 0. The van der Waals surface area contributed by atoms with Gasteiger partial charge in [-0.3, -0.25) is 0 Å². The predicted octanol–water partition coefficient (Wildman–Crippen LogP) is 1.78. The maximum Gasteiger partial charge on any atom is 0.326 e. The van der Waals surface area contributed by atoms with Gasteiger partial charge in [-0.25, -0.2) is 9.59 Å². The predicted molar refractivity (Wildman–Crippen MR) is 67.3 cm³/mol. The van der Waals surface area contributed by atoms with Crippen LogP contribution in [0.1, 0.15) is 39.5 Å². The van der Waals surface area contributed by atoms with Gasteiger partial charge in [0, 0.05) is 19.6 Å². The second-order valence-electron chi connectivity index (χ2n) is 6.16. The molecule has 2 saturated heterocycles. The summed E-state index contributed by atoms with van der Waals surface area (Å²) in [5.41, 5.74) is 0.145. The molecule has 0 radical (unpaired) electrons. The molecule has 1 N–H and O–H groups in total. The normalized spacial score (nSPS) is 27.3. The summed E-state index contributed by atoms with van der Waals surface area (Å²) in [5.74, 6) is -0.878. The number of carboxylic acids is 1. The van der Waals surface area contributed by atoms with E-state index in [1.807, 2.05) is 4.90 Å². The molecule has 2 heterocycles. The van der Waals surface area contributed by atoms with Crippen molar-refractivity contribution in [2.45, 2.75) is 45.6 Å². The molecule has 1 atom stereocenters. The van der Waals surface area contributed by atoms with Crippen molar-refractivity contribution in [2.24, 2.45) is 5.41 Å². The zero-order valence-electron chi connectivity index (χ0n) is 11.2. The van der Waals surface area contributed by atoms with Crippen LogP contribution in [0.15, 0.2) is 0 Å². The molecule has 2 rings (SSSR count). The summed E-state index contributed by atoms with van der Waals surface area (Å²) in [6, 6.07) is -0.713. The summed E-state index contributed by atoms with van der Waals surface area (Å²) < 4.78 is 0. The Morgan fingerprint density at radius 2 is 1.94 bits per heavy atom. The Labute approximate surface area is 108 Å². The number of aliphatic carboxylic acids is 1. The van der Waals surface area contributed by atoms with Gasteiger partial charge < -0.3 is 14.9 Å². The van der Waals surface area contributed by atoms with Crippen molar-refractivity contribution in [3.05, 3.63) is 0 Å². The van der Waals surface area contributed by atoms with Crippen LogP contribution >= 0.6 is 0 Å². The molecule has 102 valence electrons. The van der Waals surface area contributed by atoms with Gasteiger partial charge >= 0.3 is 12.0 Å². The first-order chi connectivity index (χ1) is 8.41. The smallest absolute Gasteiger partial charge is 0.326 e.